The maximum absolute atomic E-state index is 12.3. The molecule has 2 aromatic rings. The Balaban J connectivity index is 1.75. The summed E-state index contributed by atoms with van der Waals surface area (Å²) in [4.78, 5) is 29.5. The lowest BCUT2D eigenvalue weighted by molar-refractivity contribution is -0.142. The van der Waals surface area contributed by atoms with Gasteiger partial charge in [0, 0.05) is 50.7 Å². The van der Waals surface area contributed by atoms with E-state index in [9.17, 15) is 14.7 Å². The Morgan fingerprint density at radius 1 is 1.43 bits per heavy atom. The predicted octanol–water partition coefficient (Wildman–Crippen LogP) is 0.681. The molecule has 2 aromatic heterocycles. The summed E-state index contributed by atoms with van der Waals surface area (Å²) < 4.78 is 3.56. The van der Waals surface area contributed by atoms with Crippen molar-refractivity contribution in [3.63, 3.8) is 0 Å². The van der Waals surface area contributed by atoms with Crippen LogP contribution in [0.4, 0.5) is 0 Å². The largest absolute Gasteiger partial charge is 0.481 e. The minimum atomic E-state index is -0.940. The number of carboxylic acids is 1. The Labute approximate surface area is 133 Å². The standard InChI is InChI=1S/C15H19N5O3/c1-18-9-11(8-17-18)14-12(15(22)23)7-13(21)20(14)5-2-4-19-6-3-16-10-19/h3,6,8-10,12,14H,2,4-5,7H2,1H3,(H,22,23). The van der Waals surface area contributed by atoms with Gasteiger partial charge in [0.15, 0.2) is 0 Å². The number of aliphatic carboxylic acids is 1. The van der Waals surface area contributed by atoms with Crippen LogP contribution in [0.2, 0.25) is 0 Å². The van der Waals surface area contributed by atoms with Crippen LogP contribution >= 0.6 is 0 Å². The van der Waals surface area contributed by atoms with Gasteiger partial charge in [-0.3, -0.25) is 14.3 Å². The number of imidazole rings is 1. The van der Waals surface area contributed by atoms with E-state index in [-0.39, 0.29) is 12.3 Å². The van der Waals surface area contributed by atoms with Crippen molar-refractivity contribution in [2.45, 2.75) is 25.4 Å². The van der Waals surface area contributed by atoms with E-state index in [0.717, 1.165) is 18.5 Å². The van der Waals surface area contributed by atoms with E-state index in [4.69, 9.17) is 0 Å². The number of amides is 1. The van der Waals surface area contributed by atoms with Crippen LogP contribution in [0, 0.1) is 5.92 Å². The molecule has 8 heteroatoms. The molecule has 1 saturated heterocycles. The number of hydrogen-bond acceptors (Lipinski definition) is 4. The second-order valence-corrected chi connectivity index (χ2v) is 5.78. The molecule has 3 heterocycles. The van der Waals surface area contributed by atoms with E-state index in [0.29, 0.717) is 6.54 Å². The van der Waals surface area contributed by atoms with E-state index in [2.05, 4.69) is 10.1 Å². The zero-order valence-corrected chi connectivity index (χ0v) is 12.9. The first-order valence-corrected chi connectivity index (χ1v) is 7.53. The van der Waals surface area contributed by atoms with Crippen molar-refractivity contribution in [3.05, 3.63) is 36.7 Å². The normalized spacial score (nSPS) is 21.1. The Bertz CT molecular complexity index is 694. The zero-order chi connectivity index (χ0) is 16.4. The summed E-state index contributed by atoms with van der Waals surface area (Å²) in [6.45, 7) is 1.25. The first-order valence-electron chi connectivity index (χ1n) is 7.53. The minimum Gasteiger partial charge on any atom is -0.481 e. The molecular formula is C15H19N5O3. The van der Waals surface area contributed by atoms with Crippen LogP contribution < -0.4 is 0 Å². The Morgan fingerprint density at radius 2 is 2.26 bits per heavy atom. The molecule has 0 bridgehead atoms. The molecule has 0 aliphatic carbocycles. The van der Waals surface area contributed by atoms with Crippen LogP contribution in [0.3, 0.4) is 0 Å². The first kappa shape index (κ1) is 15.3. The lowest BCUT2D eigenvalue weighted by Crippen LogP contribution is -2.31. The molecule has 2 atom stereocenters. The van der Waals surface area contributed by atoms with Gasteiger partial charge >= 0.3 is 5.97 Å². The lowest BCUT2D eigenvalue weighted by Gasteiger charge is -2.26. The van der Waals surface area contributed by atoms with Crippen LogP contribution in [-0.4, -0.2) is 47.8 Å². The lowest BCUT2D eigenvalue weighted by atomic mass is 9.96. The van der Waals surface area contributed by atoms with Gasteiger partial charge in [0.25, 0.3) is 0 Å². The van der Waals surface area contributed by atoms with Gasteiger partial charge < -0.3 is 14.6 Å². The Morgan fingerprint density at radius 3 is 2.87 bits per heavy atom. The number of hydrogen-bond donors (Lipinski definition) is 1. The van der Waals surface area contributed by atoms with Crippen molar-refractivity contribution in [1.82, 2.24) is 24.2 Å². The molecule has 122 valence electrons. The van der Waals surface area contributed by atoms with E-state index < -0.39 is 17.9 Å². The van der Waals surface area contributed by atoms with Gasteiger partial charge in [0.05, 0.1) is 24.5 Å². The van der Waals surface area contributed by atoms with Gasteiger partial charge in [0.2, 0.25) is 5.91 Å². The number of nitrogens with zero attached hydrogens (tertiary/aromatic N) is 5. The fraction of sp³-hybridized carbons (Fsp3) is 0.467. The van der Waals surface area contributed by atoms with Crippen LogP contribution in [0.25, 0.3) is 0 Å². The third kappa shape index (κ3) is 3.10. The quantitative estimate of drug-likeness (QED) is 0.845. The van der Waals surface area contributed by atoms with Gasteiger partial charge in [-0.05, 0) is 6.42 Å². The highest BCUT2D eigenvalue weighted by molar-refractivity contribution is 5.87. The summed E-state index contributed by atoms with van der Waals surface area (Å²) in [6, 6.07) is -0.448. The molecule has 0 aromatic carbocycles. The molecule has 1 aliphatic rings. The maximum Gasteiger partial charge on any atom is 0.309 e. The Kier molecular flexibility index (Phi) is 4.14. The molecule has 0 spiro atoms. The second kappa shape index (κ2) is 6.23. The van der Waals surface area contributed by atoms with Crippen LogP contribution in [0.1, 0.15) is 24.4 Å². The van der Waals surface area contributed by atoms with Crippen molar-refractivity contribution >= 4 is 11.9 Å². The SMILES string of the molecule is Cn1cc(C2C(C(=O)O)CC(=O)N2CCCn2ccnc2)cn1. The summed E-state index contributed by atoms with van der Waals surface area (Å²) in [5.41, 5.74) is 0.772. The van der Waals surface area contributed by atoms with E-state index in [1.165, 1.54) is 0 Å². The first-order chi connectivity index (χ1) is 11.1. The van der Waals surface area contributed by atoms with Crippen molar-refractivity contribution in [3.8, 4) is 0 Å². The summed E-state index contributed by atoms with van der Waals surface area (Å²) in [6.07, 6.45) is 9.50. The fourth-order valence-corrected chi connectivity index (χ4v) is 3.12. The van der Waals surface area contributed by atoms with Gasteiger partial charge in [-0.15, -0.1) is 0 Å². The third-order valence-corrected chi connectivity index (χ3v) is 4.19. The van der Waals surface area contributed by atoms with Crippen molar-refractivity contribution in [2.75, 3.05) is 6.54 Å². The zero-order valence-electron chi connectivity index (χ0n) is 12.9. The number of aromatic nitrogens is 4. The van der Waals surface area contributed by atoms with Crippen molar-refractivity contribution in [2.24, 2.45) is 13.0 Å². The molecular weight excluding hydrogens is 298 g/mol. The molecule has 23 heavy (non-hydrogen) atoms. The molecule has 0 radical (unpaired) electrons. The number of likely N-dealkylation sites (tertiary alicyclic amines) is 1. The summed E-state index contributed by atoms with van der Waals surface area (Å²) in [7, 11) is 1.78. The van der Waals surface area contributed by atoms with Gasteiger partial charge in [-0.2, -0.15) is 5.10 Å². The van der Waals surface area contributed by atoms with Gasteiger partial charge in [-0.25, -0.2) is 4.98 Å². The Hall–Kier alpha value is -2.64. The summed E-state index contributed by atoms with van der Waals surface area (Å²) in [5, 5.41) is 13.6. The topological polar surface area (TPSA) is 93.2 Å². The molecule has 8 nitrogen and oxygen atoms in total. The molecule has 0 saturated carbocycles. The number of carbonyl (C=O) groups excluding carboxylic acids is 1. The van der Waals surface area contributed by atoms with E-state index >= 15 is 0 Å². The monoisotopic (exact) mass is 317 g/mol. The van der Waals surface area contributed by atoms with Crippen LogP contribution in [0.15, 0.2) is 31.1 Å². The highest BCUT2D eigenvalue weighted by Crippen LogP contribution is 2.38. The number of carbonyl (C=O) groups is 2. The highest BCUT2D eigenvalue weighted by Gasteiger charge is 2.44. The number of carboxylic acid groups (broad SMARTS) is 1. The average Bonchev–Trinajstić information content (AvgIpc) is 3.21. The molecule has 1 amide bonds. The van der Waals surface area contributed by atoms with Gasteiger partial charge in [-0.1, -0.05) is 0 Å². The highest BCUT2D eigenvalue weighted by atomic mass is 16.4. The average molecular weight is 317 g/mol. The molecule has 1 fully saturated rings. The van der Waals surface area contributed by atoms with Crippen LogP contribution in [0.5, 0.6) is 0 Å². The maximum atomic E-state index is 12.3. The summed E-state index contributed by atoms with van der Waals surface area (Å²) >= 11 is 0. The van der Waals surface area contributed by atoms with Gasteiger partial charge in [0.1, 0.15) is 0 Å². The predicted molar refractivity (Wildman–Crippen MR) is 80.2 cm³/mol. The van der Waals surface area contributed by atoms with Crippen molar-refractivity contribution in [1.29, 1.82) is 0 Å². The molecule has 3 rings (SSSR count). The third-order valence-electron chi connectivity index (χ3n) is 4.19. The fourth-order valence-electron chi connectivity index (χ4n) is 3.12. The van der Waals surface area contributed by atoms with E-state index in [1.54, 1.807) is 41.5 Å². The van der Waals surface area contributed by atoms with E-state index in [1.807, 2.05) is 10.8 Å². The van der Waals surface area contributed by atoms with Crippen molar-refractivity contribution < 1.29 is 14.7 Å². The van der Waals surface area contributed by atoms with Crippen LogP contribution in [-0.2, 0) is 23.2 Å². The second-order valence-electron chi connectivity index (χ2n) is 5.78. The number of aryl methyl sites for hydroxylation is 2. The smallest absolute Gasteiger partial charge is 0.309 e. The molecule has 2 unspecified atom stereocenters. The molecule has 1 aliphatic heterocycles. The summed E-state index contributed by atoms with van der Waals surface area (Å²) in [5.74, 6) is -1.78. The molecule has 1 N–H and O–H groups in total. The number of rotatable bonds is 6. The minimum absolute atomic E-state index is 0.0416.